The molecular formula is C13H24N2O10. The van der Waals surface area contributed by atoms with Crippen molar-refractivity contribution < 1.29 is 43.6 Å². The first kappa shape index (κ1) is 22.8. The third-order valence-corrected chi connectivity index (χ3v) is 2.46. The van der Waals surface area contributed by atoms with E-state index in [-0.39, 0.29) is 39.6 Å². The molecule has 0 aromatic rings. The van der Waals surface area contributed by atoms with E-state index in [0.717, 1.165) is 6.42 Å². The van der Waals surface area contributed by atoms with Crippen LogP contribution in [0.4, 0.5) is 4.79 Å². The van der Waals surface area contributed by atoms with E-state index in [1.54, 1.807) is 0 Å². The quantitative estimate of drug-likeness (QED) is 0.163. The predicted molar refractivity (Wildman–Crippen MR) is 81.2 cm³/mol. The summed E-state index contributed by atoms with van der Waals surface area (Å²) in [7, 11) is 0. The van der Waals surface area contributed by atoms with Gasteiger partial charge in [-0.15, -0.1) is 10.1 Å². The minimum Gasteiger partial charge on any atom is -0.462 e. The summed E-state index contributed by atoms with van der Waals surface area (Å²) in [6, 6.07) is -1.26. The van der Waals surface area contributed by atoms with E-state index in [1.807, 2.05) is 6.92 Å². The van der Waals surface area contributed by atoms with Crippen LogP contribution in [0.15, 0.2) is 0 Å². The summed E-state index contributed by atoms with van der Waals surface area (Å²) in [5.74, 6) is -0.812. The summed E-state index contributed by atoms with van der Waals surface area (Å²) >= 11 is 0. The van der Waals surface area contributed by atoms with Gasteiger partial charge in [-0.25, -0.2) is 9.59 Å². The predicted octanol–water partition coefficient (Wildman–Crippen LogP) is -0.732. The van der Waals surface area contributed by atoms with Crippen LogP contribution in [0.3, 0.4) is 0 Å². The summed E-state index contributed by atoms with van der Waals surface area (Å²) < 4.78 is 19.6. The van der Waals surface area contributed by atoms with Crippen LogP contribution < -0.4 is 5.32 Å². The molecule has 0 fully saturated rings. The van der Waals surface area contributed by atoms with Gasteiger partial charge in [0, 0.05) is 6.61 Å². The van der Waals surface area contributed by atoms with Gasteiger partial charge in [0.05, 0.1) is 26.4 Å². The average Bonchev–Trinajstić information content (AvgIpc) is 2.58. The number of esters is 1. The van der Waals surface area contributed by atoms with Crippen molar-refractivity contribution in [2.45, 2.75) is 19.4 Å². The number of nitrogens with zero attached hydrogens (tertiary/aromatic N) is 1. The summed E-state index contributed by atoms with van der Waals surface area (Å²) in [6.07, 6.45) is -0.101. The Morgan fingerprint density at radius 1 is 1.04 bits per heavy atom. The van der Waals surface area contributed by atoms with Crippen molar-refractivity contribution in [2.75, 3.05) is 52.9 Å². The number of carbonyl (C=O) groups is 2. The van der Waals surface area contributed by atoms with Crippen LogP contribution in [0.25, 0.3) is 0 Å². The molecule has 12 nitrogen and oxygen atoms in total. The molecule has 0 radical (unpaired) electrons. The molecule has 0 saturated carbocycles. The van der Waals surface area contributed by atoms with E-state index in [0.29, 0.717) is 6.61 Å². The second-order valence-electron chi connectivity index (χ2n) is 4.46. The van der Waals surface area contributed by atoms with E-state index in [2.05, 4.69) is 10.2 Å². The Morgan fingerprint density at radius 3 is 2.24 bits per heavy atom. The summed E-state index contributed by atoms with van der Waals surface area (Å²) in [6.45, 7) is 1.61. The molecule has 0 heterocycles. The first-order valence-corrected chi connectivity index (χ1v) is 7.64. The largest absolute Gasteiger partial charge is 0.462 e. The van der Waals surface area contributed by atoms with Crippen LogP contribution in [0.1, 0.15) is 13.3 Å². The molecule has 0 rings (SSSR count). The number of aliphatic hydroxyl groups is 1. The fourth-order valence-corrected chi connectivity index (χ4v) is 1.38. The molecule has 1 amide bonds. The van der Waals surface area contributed by atoms with Gasteiger partial charge in [0.1, 0.15) is 19.8 Å². The van der Waals surface area contributed by atoms with Crippen LogP contribution in [-0.2, 0) is 28.6 Å². The highest BCUT2D eigenvalue weighted by atomic mass is 17.0. The van der Waals surface area contributed by atoms with Gasteiger partial charge in [0.15, 0.2) is 6.04 Å². The molecule has 1 unspecified atom stereocenters. The van der Waals surface area contributed by atoms with Gasteiger partial charge in [-0.2, -0.15) is 0 Å². The lowest BCUT2D eigenvalue weighted by Crippen LogP contribution is -2.45. The molecule has 0 aliphatic carbocycles. The maximum absolute atomic E-state index is 11.6. The molecule has 0 aromatic heterocycles. The average molecular weight is 368 g/mol. The molecule has 25 heavy (non-hydrogen) atoms. The number of ether oxygens (including phenoxy) is 4. The monoisotopic (exact) mass is 368 g/mol. The van der Waals surface area contributed by atoms with Crippen LogP contribution in [0.2, 0.25) is 0 Å². The van der Waals surface area contributed by atoms with Crippen LogP contribution in [-0.4, -0.2) is 81.2 Å². The standard InChI is InChI=1S/C13H24N2O10/c1-2-3-21-4-7-23-12(17)11(10-16)14-13(18)24-8-5-22-6-9-25-15(19)20/h11,16H,2-10H2,1H3,(H,14,18). The van der Waals surface area contributed by atoms with Gasteiger partial charge in [-0.05, 0) is 6.42 Å². The highest BCUT2D eigenvalue weighted by molar-refractivity contribution is 5.81. The molecule has 0 aliphatic heterocycles. The number of aliphatic hydroxyl groups excluding tert-OH is 1. The van der Waals surface area contributed by atoms with Crippen molar-refractivity contribution in [3.8, 4) is 0 Å². The van der Waals surface area contributed by atoms with Crippen molar-refractivity contribution in [3.05, 3.63) is 10.1 Å². The van der Waals surface area contributed by atoms with Crippen molar-refractivity contribution in [2.24, 2.45) is 0 Å². The minimum absolute atomic E-state index is 0.00607. The first-order chi connectivity index (χ1) is 12.0. The molecule has 0 saturated heterocycles. The van der Waals surface area contributed by atoms with Crippen molar-refractivity contribution in [1.82, 2.24) is 5.32 Å². The van der Waals surface area contributed by atoms with Crippen molar-refractivity contribution in [1.29, 1.82) is 0 Å². The fraction of sp³-hybridized carbons (Fsp3) is 0.846. The Balaban J connectivity index is 3.77. The normalized spacial score (nSPS) is 11.4. The maximum Gasteiger partial charge on any atom is 0.408 e. The number of rotatable bonds is 15. The Hall–Kier alpha value is -2.18. The van der Waals surface area contributed by atoms with Gasteiger partial charge in [0.25, 0.3) is 5.09 Å². The zero-order chi connectivity index (χ0) is 18.9. The van der Waals surface area contributed by atoms with Crippen LogP contribution in [0.5, 0.6) is 0 Å². The number of carbonyl (C=O) groups excluding carboxylic acids is 2. The molecule has 0 bridgehead atoms. The number of amides is 1. The van der Waals surface area contributed by atoms with Crippen molar-refractivity contribution >= 4 is 12.1 Å². The van der Waals surface area contributed by atoms with E-state index in [4.69, 9.17) is 24.1 Å². The molecule has 146 valence electrons. The second kappa shape index (κ2) is 15.4. The zero-order valence-electron chi connectivity index (χ0n) is 14.0. The van der Waals surface area contributed by atoms with E-state index < -0.39 is 29.8 Å². The third-order valence-electron chi connectivity index (χ3n) is 2.46. The van der Waals surface area contributed by atoms with Crippen molar-refractivity contribution in [3.63, 3.8) is 0 Å². The second-order valence-corrected chi connectivity index (χ2v) is 4.46. The molecule has 12 heteroatoms. The van der Waals surface area contributed by atoms with Gasteiger partial charge in [-0.3, -0.25) is 0 Å². The Kier molecular flexibility index (Phi) is 14.0. The SMILES string of the molecule is CCCOCCOC(=O)C(CO)NC(=O)OCCOCCO[N+](=O)[O-]. The highest BCUT2D eigenvalue weighted by Crippen LogP contribution is 1.92. The van der Waals surface area contributed by atoms with Gasteiger partial charge < -0.3 is 34.2 Å². The molecule has 0 aliphatic rings. The number of alkyl carbamates (subject to hydrolysis) is 1. The molecule has 0 aromatic carbocycles. The summed E-state index contributed by atoms with van der Waals surface area (Å²) in [4.78, 5) is 37.0. The van der Waals surface area contributed by atoms with Gasteiger partial charge in [0.2, 0.25) is 0 Å². The molecule has 2 N–H and O–H groups in total. The van der Waals surface area contributed by atoms with Crippen LogP contribution in [0, 0.1) is 10.1 Å². The Labute approximate surface area is 144 Å². The minimum atomic E-state index is -1.26. The number of hydrogen-bond donors (Lipinski definition) is 2. The fourth-order valence-electron chi connectivity index (χ4n) is 1.38. The summed E-state index contributed by atoms with van der Waals surface area (Å²) in [5.41, 5.74) is 0. The maximum atomic E-state index is 11.6. The first-order valence-electron chi connectivity index (χ1n) is 7.64. The Morgan fingerprint density at radius 2 is 1.64 bits per heavy atom. The third kappa shape index (κ3) is 13.9. The molecule has 0 spiro atoms. The lowest BCUT2D eigenvalue weighted by atomic mass is 10.3. The Bertz CT molecular complexity index is 393. The molecular weight excluding hydrogens is 344 g/mol. The molecule has 1 atom stereocenters. The smallest absolute Gasteiger partial charge is 0.408 e. The van der Waals surface area contributed by atoms with E-state index in [1.165, 1.54) is 0 Å². The highest BCUT2D eigenvalue weighted by Gasteiger charge is 2.22. The number of hydrogen-bond acceptors (Lipinski definition) is 10. The van der Waals surface area contributed by atoms with E-state index in [9.17, 15) is 19.7 Å². The van der Waals surface area contributed by atoms with Gasteiger partial charge in [-0.1, -0.05) is 6.92 Å². The van der Waals surface area contributed by atoms with Crippen LogP contribution >= 0.6 is 0 Å². The lowest BCUT2D eigenvalue weighted by Gasteiger charge is -2.15. The van der Waals surface area contributed by atoms with E-state index >= 15 is 0 Å². The summed E-state index contributed by atoms with van der Waals surface area (Å²) in [5, 5.41) is 20.2. The zero-order valence-corrected chi connectivity index (χ0v) is 14.0. The topological polar surface area (TPSA) is 156 Å². The van der Waals surface area contributed by atoms with Gasteiger partial charge >= 0.3 is 12.1 Å². The number of nitrogens with one attached hydrogen (secondary N) is 1. The lowest BCUT2D eigenvalue weighted by molar-refractivity contribution is -0.758.